The second-order valence-corrected chi connectivity index (χ2v) is 7.89. The fraction of sp³-hybridized carbons (Fsp3) is 0.304. The van der Waals surface area contributed by atoms with Crippen LogP contribution in [0.4, 0.5) is 10.4 Å². The Morgan fingerprint density at radius 3 is 2.94 bits per heavy atom. The molecule has 1 fully saturated rings. The summed E-state index contributed by atoms with van der Waals surface area (Å²) in [5.41, 5.74) is 1.86. The predicted octanol–water partition coefficient (Wildman–Crippen LogP) is 4.24. The van der Waals surface area contributed by atoms with Gasteiger partial charge in [-0.15, -0.1) is 0 Å². The number of fused-ring (bicyclic) bond motifs is 2. The normalized spacial score (nSPS) is 21.8. The number of oxazole rings is 1. The van der Waals surface area contributed by atoms with Gasteiger partial charge >= 0.3 is 12.0 Å². The molecule has 3 aromatic rings. The molecule has 1 spiro atoms. The van der Waals surface area contributed by atoms with E-state index >= 15 is 0 Å². The summed E-state index contributed by atoms with van der Waals surface area (Å²) in [4.78, 5) is 33.3. The van der Waals surface area contributed by atoms with E-state index in [-0.39, 0.29) is 23.8 Å². The van der Waals surface area contributed by atoms with Crippen LogP contribution in [0.5, 0.6) is 5.75 Å². The van der Waals surface area contributed by atoms with E-state index in [1.807, 2.05) is 6.07 Å². The summed E-state index contributed by atoms with van der Waals surface area (Å²) in [7, 11) is 0. The zero-order chi connectivity index (χ0) is 22.1. The molecule has 164 valence electrons. The van der Waals surface area contributed by atoms with Crippen LogP contribution in [-0.2, 0) is 15.1 Å². The number of amides is 1. The Morgan fingerprint density at radius 2 is 2.12 bits per heavy atom. The molecule has 1 aliphatic carbocycles. The van der Waals surface area contributed by atoms with E-state index in [1.54, 1.807) is 30.5 Å². The minimum absolute atomic E-state index is 0.0887. The zero-order valence-electron chi connectivity index (χ0n) is 17.0. The van der Waals surface area contributed by atoms with Crippen LogP contribution < -0.4 is 10.1 Å². The van der Waals surface area contributed by atoms with Gasteiger partial charge in [0.25, 0.3) is 0 Å². The van der Waals surface area contributed by atoms with Gasteiger partial charge in [-0.05, 0) is 43.9 Å². The average molecular weight is 437 g/mol. The number of pyridine rings is 1. The minimum atomic E-state index is -0.923. The van der Waals surface area contributed by atoms with Crippen LogP contribution in [0.25, 0.3) is 11.3 Å². The predicted molar refractivity (Wildman–Crippen MR) is 110 cm³/mol. The number of rotatable bonds is 5. The molecule has 32 heavy (non-hydrogen) atoms. The third-order valence-corrected chi connectivity index (χ3v) is 6.07. The highest BCUT2D eigenvalue weighted by Crippen LogP contribution is 2.48. The first kappa shape index (κ1) is 20.2. The number of aromatic nitrogens is 2. The van der Waals surface area contributed by atoms with Crippen LogP contribution >= 0.6 is 0 Å². The molecule has 9 heteroatoms. The third-order valence-electron chi connectivity index (χ3n) is 6.07. The zero-order valence-corrected chi connectivity index (χ0v) is 17.0. The molecule has 1 aromatic carbocycles. The van der Waals surface area contributed by atoms with E-state index in [0.717, 1.165) is 5.56 Å². The van der Waals surface area contributed by atoms with E-state index in [1.165, 1.54) is 12.5 Å². The lowest BCUT2D eigenvalue weighted by atomic mass is 9.75. The highest BCUT2D eigenvalue weighted by Gasteiger charge is 2.48. The fourth-order valence-electron chi connectivity index (χ4n) is 4.44. The lowest BCUT2D eigenvalue weighted by Crippen LogP contribution is -2.36. The SMILES string of the molecule is O=C1O[C@]2(CC[C@H](C(=O)Nc3nc(-c4cccc(OCF)c4)co3)CC2)c2ccncc21. The van der Waals surface area contributed by atoms with Crippen molar-refractivity contribution in [1.29, 1.82) is 0 Å². The number of halogens is 1. The molecule has 1 aliphatic heterocycles. The molecule has 1 amide bonds. The van der Waals surface area contributed by atoms with E-state index in [0.29, 0.717) is 48.3 Å². The maximum atomic E-state index is 12.8. The fourth-order valence-corrected chi connectivity index (χ4v) is 4.44. The Balaban J connectivity index is 1.23. The lowest BCUT2D eigenvalue weighted by molar-refractivity contribution is -0.123. The van der Waals surface area contributed by atoms with Gasteiger partial charge < -0.3 is 13.9 Å². The van der Waals surface area contributed by atoms with Crippen LogP contribution in [-0.4, -0.2) is 28.7 Å². The molecule has 0 radical (unpaired) electrons. The van der Waals surface area contributed by atoms with Gasteiger partial charge in [-0.1, -0.05) is 12.1 Å². The highest BCUT2D eigenvalue weighted by molar-refractivity contribution is 5.94. The topological polar surface area (TPSA) is 104 Å². The number of hydrogen-bond acceptors (Lipinski definition) is 7. The molecule has 0 atom stereocenters. The van der Waals surface area contributed by atoms with Crippen molar-refractivity contribution in [3.63, 3.8) is 0 Å². The van der Waals surface area contributed by atoms with E-state index in [9.17, 15) is 14.0 Å². The summed E-state index contributed by atoms with van der Waals surface area (Å²) in [6.07, 6.45) is 6.86. The van der Waals surface area contributed by atoms with Gasteiger partial charge in [0.2, 0.25) is 12.8 Å². The maximum absolute atomic E-state index is 12.8. The molecule has 2 aliphatic rings. The lowest BCUT2D eigenvalue weighted by Gasteiger charge is -2.35. The van der Waals surface area contributed by atoms with Crippen molar-refractivity contribution in [2.75, 3.05) is 12.2 Å². The molecule has 0 saturated heterocycles. The van der Waals surface area contributed by atoms with Crippen LogP contribution in [0, 0.1) is 5.92 Å². The number of nitrogens with zero attached hydrogens (tertiary/aromatic N) is 2. The minimum Gasteiger partial charge on any atom is -0.463 e. The molecule has 5 rings (SSSR count). The summed E-state index contributed by atoms with van der Waals surface area (Å²) in [5.74, 6) is -0.423. The average Bonchev–Trinajstić information content (AvgIpc) is 3.38. The first-order valence-electron chi connectivity index (χ1n) is 10.3. The van der Waals surface area contributed by atoms with Crippen LogP contribution in [0.1, 0.15) is 41.6 Å². The Bertz CT molecular complexity index is 1170. The number of nitrogens with one attached hydrogen (secondary N) is 1. The number of esters is 1. The van der Waals surface area contributed by atoms with Crippen molar-refractivity contribution in [2.24, 2.45) is 5.92 Å². The van der Waals surface area contributed by atoms with Gasteiger partial charge in [0.05, 0.1) is 5.56 Å². The highest BCUT2D eigenvalue weighted by atomic mass is 19.1. The molecule has 0 bridgehead atoms. The van der Waals surface area contributed by atoms with Crippen molar-refractivity contribution in [1.82, 2.24) is 9.97 Å². The van der Waals surface area contributed by atoms with Gasteiger partial charge in [-0.25, -0.2) is 9.18 Å². The standard InChI is InChI=1S/C23H20FN3O5/c24-13-31-16-3-1-2-15(10-16)19-12-30-22(26-19)27-20(28)14-4-7-23(8-5-14)18-6-9-25-11-17(18)21(29)32-23/h1-3,6,9-12,14H,4-5,7-8,13H2,(H,26,27,28)/t14-,23-. The van der Waals surface area contributed by atoms with Crippen LogP contribution in [0.2, 0.25) is 0 Å². The van der Waals surface area contributed by atoms with E-state index < -0.39 is 12.5 Å². The van der Waals surface area contributed by atoms with Crippen LogP contribution in [0.3, 0.4) is 0 Å². The first-order chi connectivity index (χ1) is 15.6. The molecule has 1 N–H and O–H groups in total. The second kappa shape index (κ2) is 8.07. The van der Waals surface area contributed by atoms with Crippen molar-refractivity contribution in [2.45, 2.75) is 31.3 Å². The molecular weight excluding hydrogens is 417 g/mol. The van der Waals surface area contributed by atoms with E-state index in [2.05, 4.69) is 15.3 Å². The summed E-state index contributed by atoms with van der Waals surface area (Å²) < 4.78 is 28.4. The number of alkyl halides is 1. The first-order valence-corrected chi connectivity index (χ1v) is 10.3. The second-order valence-electron chi connectivity index (χ2n) is 7.89. The largest absolute Gasteiger partial charge is 0.463 e. The van der Waals surface area contributed by atoms with Gasteiger partial charge in [0.15, 0.2) is 0 Å². The quantitative estimate of drug-likeness (QED) is 0.596. The smallest absolute Gasteiger partial charge is 0.341 e. The summed E-state index contributed by atoms with van der Waals surface area (Å²) in [6.45, 7) is -0.923. The van der Waals surface area contributed by atoms with E-state index in [4.69, 9.17) is 13.9 Å². The third kappa shape index (κ3) is 3.59. The Hall–Kier alpha value is -3.75. The Labute approximate surface area is 182 Å². The number of ether oxygens (including phenoxy) is 2. The summed E-state index contributed by atoms with van der Waals surface area (Å²) >= 11 is 0. The van der Waals surface area contributed by atoms with Crippen LogP contribution in [0.15, 0.2) is 53.4 Å². The van der Waals surface area contributed by atoms with Gasteiger partial charge in [0.1, 0.15) is 23.3 Å². The molecule has 2 aromatic heterocycles. The summed E-state index contributed by atoms with van der Waals surface area (Å²) in [5, 5.41) is 2.72. The number of hydrogen-bond donors (Lipinski definition) is 1. The Morgan fingerprint density at radius 1 is 1.28 bits per heavy atom. The van der Waals surface area contributed by atoms with Crippen molar-refractivity contribution >= 4 is 17.9 Å². The van der Waals surface area contributed by atoms with Gasteiger partial charge in [-0.2, -0.15) is 4.98 Å². The molecular formula is C23H20FN3O5. The number of benzene rings is 1. The van der Waals surface area contributed by atoms with Crippen molar-refractivity contribution in [3.8, 4) is 17.0 Å². The molecule has 3 heterocycles. The maximum Gasteiger partial charge on any atom is 0.341 e. The van der Waals surface area contributed by atoms with Crippen molar-refractivity contribution in [3.05, 3.63) is 60.1 Å². The number of carbonyl (C=O) groups is 2. The van der Waals surface area contributed by atoms with Crippen molar-refractivity contribution < 1.29 is 27.9 Å². The monoisotopic (exact) mass is 437 g/mol. The Kier molecular flexibility index (Phi) is 5.08. The number of anilines is 1. The number of carbonyl (C=O) groups excluding carboxylic acids is 2. The summed E-state index contributed by atoms with van der Waals surface area (Å²) in [6, 6.07) is 8.69. The van der Waals surface area contributed by atoms with Gasteiger partial charge in [0, 0.05) is 29.4 Å². The molecule has 8 nitrogen and oxygen atoms in total. The van der Waals surface area contributed by atoms with Gasteiger partial charge in [-0.3, -0.25) is 15.1 Å². The molecule has 1 saturated carbocycles. The molecule has 0 unspecified atom stereocenters.